The van der Waals surface area contributed by atoms with Gasteiger partial charge in [-0.15, -0.1) is 0 Å². The van der Waals surface area contributed by atoms with E-state index in [9.17, 15) is 0 Å². The van der Waals surface area contributed by atoms with Crippen LogP contribution < -0.4 is 5.59 Å². The van der Waals surface area contributed by atoms with Crippen molar-refractivity contribution in [2.45, 2.75) is 0 Å². The third kappa shape index (κ3) is 1.39. The van der Waals surface area contributed by atoms with Crippen LogP contribution in [0.4, 0.5) is 0 Å². The highest BCUT2D eigenvalue weighted by molar-refractivity contribution is 6.60. The smallest absolute Gasteiger partial charge is 0.422 e. The highest BCUT2D eigenvalue weighted by atomic mass is 16.4. The van der Waals surface area contributed by atoms with Crippen LogP contribution in [0.3, 0.4) is 0 Å². The SMILES string of the molecule is OB(O)c1ncnc2ccccc12. The fourth-order valence-electron chi connectivity index (χ4n) is 1.23. The molecular weight excluding hydrogens is 167 g/mol. The standard InChI is InChI=1S/C8H7BN2O2/c12-9(13)8-6-3-1-2-4-7(6)10-5-11-8/h1-5,12-13H. The van der Waals surface area contributed by atoms with E-state index in [0.717, 1.165) is 0 Å². The zero-order chi connectivity index (χ0) is 9.26. The molecule has 1 heterocycles. The van der Waals surface area contributed by atoms with Crippen molar-refractivity contribution in [1.82, 2.24) is 9.97 Å². The number of nitrogens with zero attached hydrogens (tertiary/aromatic N) is 2. The predicted molar refractivity (Wildman–Crippen MR) is 49.4 cm³/mol. The van der Waals surface area contributed by atoms with Gasteiger partial charge in [0.05, 0.1) is 11.1 Å². The predicted octanol–water partition coefficient (Wildman–Crippen LogP) is -0.690. The van der Waals surface area contributed by atoms with E-state index < -0.39 is 7.12 Å². The van der Waals surface area contributed by atoms with E-state index in [0.29, 0.717) is 10.9 Å². The zero-order valence-corrected chi connectivity index (χ0v) is 6.75. The number of hydrogen-bond acceptors (Lipinski definition) is 4. The Bertz CT molecular complexity index is 428. The summed E-state index contributed by atoms with van der Waals surface area (Å²) in [4.78, 5) is 7.79. The Hall–Kier alpha value is -1.46. The summed E-state index contributed by atoms with van der Waals surface area (Å²) in [7, 11) is -1.55. The fraction of sp³-hybridized carbons (Fsp3) is 0. The molecule has 0 fully saturated rings. The molecule has 0 unspecified atom stereocenters. The molecule has 0 saturated heterocycles. The van der Waals surface area contributed by atoms with Crippen molar-refractivity contribution < 1.29 is 10.0 Å². The lowest BCUT2D eigenvalue weighted by atomic mass is 9.83. The molecule has 64 valence electrons. The molecule has 5 heteroatoms. The normalized spacial score (nSPS) is 10.3. The minimum absolute atomic E-state index is 0.241. The first-order valence-electron chi connectivity index (χ1n) is 3.85. The number of fused-ring (bicyclic) bond motifs is 1. The molecular formula is C8H7BN2O2. The second-order valence-electron chi connectivity index (χ2n) is 2.65. The van der Waals surface area contributed by atoms with Crippen LogP contribution in [0.1, 0.15) is 0 Å². The molecule has 0 saturated carbocycles. The topological polar surface area (TPSA) is 66.2 Å². The summed E-state index contributed by atoms with van der Waals surface area (Å²) in [5.41, 5.74) is 0.950. The third-order valence-electron chi connectivity index (χ3n) is 1.82. The van der Waals surface area contributed by atoms with E-state index in [1.165, 1.54) is 6.33 Å². The van der Waals surface area contributed by atoms with Crippen LogP contribution in [0.15, 0.2) is 30.6 Å². The number of benzene rings is 1. The molecule has 1 aromatic heterocycles. The van der Waals surface area contributed by atoms with E-state index >= 15 is 0 Å². The van der Waals surface area contributed by atoms with Gasteiger partial charge in [-0.2, -0.15) is 0 Å². The van der Waals surface area contributed by atoms with E-state index in [2.05, 4.69) is 9.97 Å². The quantitative estimate of drug-likeness (QED) is 0.561. The average molecular weight is 174 g/mol. The molecule has 0 amide bonds. The number of rotatable bonds is 1. The Morgan fingerprint density at radius 2 is 1.85 bits per heavy atom. The Labute approximate surface area is 75.0 Å². The highest BCUT2D eigenvalue weighted by Crippen LogP contribution is 2.05. The summed E-state index contributed by atoms with van der Waals surface area (Å²) in [6.45, 7) is 0. The summed E-state index contributed by atoms with van der Waals surface area (Å²) >= 11 is 0. The van der Waals surface area contributed by atoms with Crippen molar-refractivity contribution in [3.8, 4) is 0 Å². The fourth-order valence-corrected chi connectivity index (χ4v) is 1.23. The van der Waals surface area contributed by atoms with Gasteiger partial charge in [0.1, 0.15) is 6.33 Å². The van der Waals surface area contributed by atoms with Gasteiger partial charge in [-0.3, -0.25) is 0 Å². The molecule has 0 radical (unpaired) electrons. The van der Waals surface area contributed by atoms with Gasteiger partial charge in [0, 0.05) is 5.39 Å². The first-order valence-corrected chi connectivity index (χ1v) is 3.85. The van der Waals surface area contributed by atoms with Crippen molar-refractivity contribution in [2.75, 3.05) is 0 Å². The van der Waals surface area contributed by atoms with Gasteiger partial charge in [-0.05, 0) is 6.07 Å². The van der Waals surface area contributed by atoms with E-state index in [-0.39, 0.29) is 5.59 Å². The third-order valence-corrected chi connectivity index (χ3v) is 1.82. The lowest BCUT2D eigenvalue weighted by Gasteiger charge is -2.01. The van der Waals surface area contributed by atoms with Crippen molar-refractivity contribution in [1.29, 1.82) is 0 Å². The van der Waals surface area contributed by atoms with Gasteiger partial charge in [-0.1, -0.05) is 18.2 Å². The maximum atomic E-state index is 8.99. The van der Waals surface area contributed by atoms with Crippen molar-refractivity contribution in [3.63, 3.8) is 0 Å². The molecule has 0 aliphatic heterocycles. The second-order valence-corrected chi connectivity index (χ2v) is 2.65. The summed E-state index contributed by atoms with van der Waals surface area (Å²) in [6.07, 6.45) is 1.32. The number of hydrogen-bond donors (Lipinski definition) is 2. The van der Waals surface area contributed by atoms with E-state index in [4.69, 9.17) is 10.0 Å². The molecule has 2 rings (SSSR count). The Morgan fingerprint density at radius 3 is 2.62 bits per heavy atom. The minimum Gasteiger partial charge on any atom is -0.422 e. The Balaban J connectivity index is 2.76. The molecule has 2 N–H and O–H groups in total. The van der Waals surface area contributed by atoms with Crippen molar-refractivity contribution in [3.05, 3.63) is 30.6 Å². The van der Waals surface area contributed by atoms with Gasteiger partial charge in [0.15, 0.2) is 0 Å². The average Bonchev–Trinajstić information content (AvgIpc) is 2.17. The van der Waals surface area contributed by atoms with Gasteiger partial charge in [0.25, 0.3) is 0 Å². The maximum absolute atomic E-state index is 8.99. The van der Waals surface area contributed by atoms with Crippen LogP contribution in [0.5, 0.6) is 0 Å². The minimum atomic E-state index is -1.55. The first-order chi connectivity index (χ1) is 6.29. The molecule has 0 aliphatic carbocycles. The molecule has 2 aromatic rings. The van der Waals surface area contributed by atoms with Crippen LogP contribution in [0.2, 0.25) is 0 Å². The van der Waals surface area contributed by atoms with Gasteiger partial charge in [-0.25, -0.2) is 9.97 Å². The van der Waals surface area contributed by atoms with Crippen LogP contribution in [0.25, 0.3) is 10.9 Å². The largest absolute Gasteiger partial charge is 0.508 e. The highest BCUT2D eigenvalue weighted by Gasteiger charge is 2.15. The van der Waals surface area contributed by atoms with Crippen LogP contribution in [0, 0.1) is 0 Å². The van der Waals surface area contributed by atoms with Crippen LogP contribution in [-0.2, 0) is 0 Å². The van der Waals surface area contributed by atoms with Crippen molar-refractivity contribution in [2.24, 2.45) is 0 Å². The van der Waals surface area contributed by atoms with Crippen molar-refractivity contribution >= 4 is 23.6 Å². The summed E-state index contributed by atoms with van der Waals surface area (Å²) < 4.78 is 0. The van der Waals surface area contributed by atoms with Crippen LogP contribution in [-0.4, -0.2) is 27.1 Å². The molecule has 0 aliphatic rings. The van der Waals surface area contributed by atoms with Gasteiger partial charge < -0.3 is 10.0 Å². The zero-order valence-electron chi connectivity index (χ0n) is 6.75. The second kappa shape index (κ2) is 3.12. The number of para-hydroxylation sites is 1. The van der Waals surface area contributed by atoms with Gasteiger partial charge in [0.2, 0.25) is 0 Å². The number of aromatic nitrogens is 2. The molecule has 4 nitrogen and oxygen atoms in total. The van der Waals surface area contributed by atoms with Crippen LogP contribution >= 0.6 is 0 Å². The lowest BCUT2D eigenvalue weighted by Crippen LogP contribution is -2.33. The molecule has 0 bridgehead atoms. The molecule has 0 atom stereocenters. The molecule has 13 heavy (non-hydrogen) atoms. The maximum Gasteiger partial charge on any atom is 0.508 e. The molecule has 1 aromatic carbocycles. The monoisotopic (exact) mass is 174 g/mol. The summed E-state index contributed by atoms with van der Waals surface area (Å²) in [5, 5.41) is 18.6. The Morgan fingerprint density at radius 1 is 1.08 bits per heavy atom. The van der Waals surface area contributed by atoms with E-state index in [1.54, 1.807) is 18.2 Å². The Kier molecular flexibility index (Phi) is 1.96. The lowest BCUT2D eigenvalue weighted by molar-refractivity contribution is 0.424. The summed E-state index contributed by atoms with van der Waals surface area (Å²) in [6, 6.07) is 7.19. The van der Waals surface area contributed by atoms with E-state index in [1.807, 2.05) is 6.07 Å². The summed E-state index contributed by atoms with van der Waals surface area (Å²) in [5.74, 6) is 0. The van der Waals surface area contributed by atoms with Gasteiger partial charge >= 0.3 is 7.12 Å². The molecule has 0 spiro atoms. The first kappa shape index (κ1) is 8.16.